The molecule has 0 saturated carbocycles. The van der Waals surface area contributed by atoms with Crippen LogP contribution in [0.1, 0.15) is 0 Å². The lowest BCUT2D eigenvalue weighted by Crippen LogP contribution is -2.01. The van der Waals surface area contributed by atoms with Gasteiger partial charge in [-0.3, -0.25) is 4.57 Å². The maximum atomic E-state index is 4.63. The van der Waals surface area contributed by atoms with E-state index < -0.39 is 0 Å². The van der Waals surface area contributed by atoms with Crippen molar-refractivity contribution in [1.29, 1.82) is 0 Å². The van der Waals surface area contributed by atoms with E-state index in [2.05, 4.69) is 25.3 Å². The van der Waals surface area contributed by atoms with Crippen molar-refractivity contribution in [3.8, 4) is 5.69 Å². The van der Waals surface area contributed by atoms with Gasteiger partial charge < -0.3 is 5.32 Å². The van der Waals surface area contributed by atoms with E-state index in [9.17, 15) is 0 Å². The number of nitrogens with one attached hydrogen (secondary N) is 1. The molecule has 0 aliphatic heterocycles. The van der Waals surface area contributed by atoms with E-state index in [1.165, 1.54) is 0 Å². The lowest BCUT2D eigenvalue weighted by molar-refractivity contribution is 1.06. The second kappa shape index (κ2) is 5.93. The number of pyridine rings is 1. The van der Waals surface area contributed by atoms with Crippen molar-refractivity contribution in [2.24, 2.45) is 0 Å². The fourth-order valence-corrected chi connectivity index (χ4v) is 2.90. The third-order valence-corrected chi connectivity index (χ3v) is 4.16. The van der Waals surface area contributed by atoms with Crippen molar-refractivity contribution >= 4 is 33.8 Å². The fourth-order valence-electron chi connectivity index (χ4n) is 2.90. The Balaban J connectivity index is 1.54. The van der Waals surface area contributed by atoms with Crippen LogP contribution in [0.2, 0.25) is 0 Å². The number of fused-ring (bicyclic) bond motifs is 2. The molecule has 6 nitrogen and oxygen atoms in total. The van der Waals surface area contributed by atoms with Crippen LogP contribution in [0, 0.1) is 0 Å². The maximum Gasteiger partial charge on any atom is 0.230 e. The Bertz CT molecular complexity index is 1210. The van der Waals surface area contributed by atoms with E-state index in [-0.39, 0.29) is 0 Å². The smallest absolute Gasteiger partial charge is 0.230 e. The molecule has 0 fully saturated rings. The van der Waals surface area contributed by atoms with Crippen LogP contribution in [0.3, 0.4) is 0 Å². The third-order valence-electron chi connectivity index (χ3n) is 4.16. The van der Waals surface area contributed by atoms with Gasteiger partial charge in [-0.05, 0) is 30.3 Å². The van der Waals surface area contributed by atoms with Gasteiger partial charge in [0.05, 0.1) is 11.7 Å². The van der Waals surface area contributed by atoms with Crippen molar-refractivity contribution in [2.75, 3.05) is 5.32 Å². The molecule has 0 saturated heterocycles. The van der Waals surface area contributed by atoms with Gasteiger partial charge in [0.25, 0.3) is 0 Å². The van der Waals surface area contributed by atoms with Crippen molar-refractivity contribution in [3.63, 3.8) is 0 Å². The van der Waals surface area contributed by atoms with Crippen LogP contribution in [0.4, 0.5) is 11.8 Å². The number of imidazole rings is 1. The van der Waals surface area contributed by atoms with Gasteiger partial charge in [-0.1, -0.05) is 36.4 Å². The first-order valence-corrected chi connectivity index (χ1v) is 8.25. The van der Waals surface area contributed by atoms with Crippen LogP contribution in [-0.2, 0) is 0 Å². The van der Waals surface area contributed by atoms with Crippen molar-refractivity contribution < 1.29 is 0 Å². The zero-order chi connectivity index (χ0) is 17.3. The lowest BCUT2D eigenvalue weighted by atomic mass is 10.2. The Morgan fingerprint density at radius 1 is 0.731 bits per heavy atom. The molecule has 26 heavy (non-hydrogen) atoms. The summed E-state index contributed by atoms with van der Waals surface area (Å²) in [4.78, 5) is 18.0. The summed E-state index contributed by atoms with van der Waals surface area (Å²) in [7, 11) is 0. The van der Waals surface area contributed by atoms with Gasteiger partial charge in [-0.2, -0.15) is 4.98 Å². The van der Waals surface area contributed by atoms with E-state index in [1.807, 2.05) is 71.3 Å². The van der Waals surface area contributed by atoms with Crippen molar-refractivity contribution in [3.05, 3.63) is 79.3 Å². The lowest BCUT2D eigenvalue weighted by Gasteiger charge is -2.07. The molecule has 6 heteroatoms. The molecule has 0 amide bonds. The molecule has 0 atom stereocenters. The van der Waals surface area contributed by atoms with E-state index in [1.54, 1.807) is 12.5 Å². The molecule has 0 bridgehead atoms. The second-order valence-electron chi connectivity index (χ2n) is 5.87. The van der Waals surface area contributed by atoms with Crippen LogP contribution in [0.15, 0.2) is 79.3 Å². The highest BCUT2D eigenvalue weighted by Gasteiger charge is 2.09. The van der Waals surface area contributed by atoms with Crippen LogP contribution in [-0.4, -0.2) is 24.5 Å². The molecule has 0 radical (unpaired) electrons. The van der Waals surface area contributed by atoms with Gasteiger partial charge >= 0.3 is 0 Å². The molecular formula is C20H14N6. The topological polar surface area (TPSA) is 68.5 Å². The summed E-state index contributed by atoms with van der Waals surface area (Å²) in [6.45, 7) is 0. The number of para-hydroxylation sites is 2. The van der Waals surface area contributed by atoms with Gasteiger partial charge in [0.15, 0.2) is 5.65 Å². The van der Waals surface area contributed by atoms with E-state index in [4.69, 9.17) is 0 Å². The van der Waals surface area contributed by atoms with Crippen LogP contribution >= 0.6 is 0 Å². The number of benzene rings is 2. The molecule has 3 heterocycles. The van der Waals surface area contributed by atoms with Gasteiger partial charge in [0.1, 0.15) is 17.7 Å². The average Bonchev–Trinajstić information content (AvgIpc) is 3.12. The summed E-state index contributed by atoms with van der Waals surface area (Å²) < 4.78 is 1.94. The summed E-state index contributed by atoms with van der Waals surface area (Å²) in [5.41, 5.74) is 3.41. The highest BCUT2D eigenvalue weighted by molar-refractivity contribution is 5.80. The zero-order valence-corrected chi connectivity index (χ0v) is 13.7. The van der Waals surface area contributed by atoms with Crippen LogP contribution in [0.5, 0.6) is 0 Å². The standard InChI is InChI=1S/C20H14N6/c1-2-7-15(8-3-1)26-13-22-17-12-21-20(25-19(17)26)24-18-11-10-14-6-4-5-9-16(14)23-18/h1-13H,(H,21,23,24,25). The van der Waals surface area contributed by atoms with E-state index in [0.29, 0.717) is 11.8 Å². The summed E-state index contributed by atoms with van der Waals surface area (Å²) in [6, 6.07) is 21.9. The van der Waals surface area contributed by atoms with Gasteiger partial charge in [-0.25, -0.2) is 15.0 Å². The number of nitrogens with zero attached hydrogens (tertiary/aromatic N) is 5. The Morgan fingerprint density at radius 2 is 1.58 bits per heavy atom. The van der Waals surface area contributed by atoms with Gasteiger partial charge in [0.2, 0.25) is 5.95 Å². The van der Waals surface area contributed by atoms with E-state index >= 15 is 0 Å². The summed E-state index contributed by atoms with van der Waals surface area (Å²) in [5, 5.41) is 4.28. The summed E-state index contributed by atoms with van der Waals surface area (Å²) in [5.74, 6) is 1.19. The molecule has 0 aliphatic rings. The molecule has 5 rings (SSSR count). The number of anilines is 2. The predicted octanol–water partition coefficient (Wildman–Crippen LogP) is 4.11. The molecule has 0 aliphatic carbocycles. The van der Waals surface area contributed by atoms with Crippen molar-refractivity contribution in [2.45, 2.75) is 0 Å². The first-order chi connectivity index (χ1) is 12.9. The normalized spacial score (nSPS) is 11.1. The predicted molar refractivity (Wildman–Crippen MR) is 102 cm³/mol. The molecule has 1 N–H and O–H groups in total. The molecule has 0 unspecified atom stereocenters. The molecular weight excluding hydrogens is 324 g/mol. The molecule has 5 aromatic rings. The second-order valence-corrected chi connectivity index (χ2v) is 5.87. The number of hydrogen-bond acceptors (Lipinski definition) is 5. The van der Waals surface area contributed by atoms with E-state index in [0.717, 1.165) is 27.8 Å². The van der Waals surface area contributed by atoms with Gasteiger partial charge in [-0.15, -0.1) is 0 Å². The maximum absolute atomic E-state index is 4.63. The van der Waals surface area contributed by atoms with Crippen molar-refractivity contribution in [1.82, 2.24) is 24.5 Å². The molecule has 124 valence electrons. The Hall–Kier alpha value is -3.80. The Morgan fingerprint density at radius 3 is 2.50 bits per heavy atom. The first kappa shape index (κ1) is 14.5. The minimum Gasteiger partial charge on any atom is -0.309 e. The number of hydrogen-bond donors (Lipinski definition) is 1. The summed E-state index contributed by atoms with van der Waals surface area (Å²) in [6.07, 6.45) is 3.47. The Labute approximate surface area is 149 Å². The zero-order valence-electron chi connectivity index (χ0n) is 13.7. The monoisotopic (exact) mass is 338 g/mol. The van der Waals surface area contributed by atoms with Crippen LogP contribution < -0.4 is 5.32 Å². The Kier molecular flexibility index (Phi) is 3.31. The van der Waals surface area contributed by atoms with Crippen LogP contribution in [0.25, 0.3) is 27.8 Å². The fraction of sp³-hybridized carbons (Fsp3) is 0. The minimum absolute atomic E-state index is 0.484. The average molecular weight is 338 g/mol. The number of rotatable bonds is 3. The summed E-state index contributed by atoms with van der Waals surface area (Å²) >= 11 is 0. The third kappa shape index (κ3) is 2.53. The first-order valence-electron chi connectivity index (χ1n) is 8.25. The van der Waals surface area contributed by atoms with Gasteiger partial charge in [0, 0.05) is 11.1 Å². The highest BCUT2D eigenvalue weighted by atomic mass is 15.2. The largest absolute Gasteiger partial charge is 0.309 e. The number of aromatic nitrogens is 5. The molecule has 2 aromatic carbocycles. The highest BCUT2D eigenvalue weighted by Crippen LogP contribution is 2.20. The minimum atomic E-state index is 0.484. The molecule has 0 spiro atoms. The quantitative estimate of drug-likeness (QED) is 0.536. The molecule has 3 aromatic heterocycles. The SMILES string of the molecule is c1ccc(-n2cnc3cnc(Nc4ccc5ccccc5n4)nc32)cc1.